The Bertz CT molecular complexity index is 555. The van der Waals surface area contributed by atoms with Gasteiger partial charge in [-0.05, 0) is 12.3 Å². The van der Waals surface area contributed by atoms with Crippen molar-refractivity contribution in [2.75, 3.05) is 11.9 Å². The third-order valence-corrected chi connectivity index (χ3v) is 5.16. The second-order valence-electron chi connectivity index (χ2n) is 5.65. The van der Waals surface area contributed by atoms with Gasteiger partial charge in [-0.1, -0.05) is 34.6 Å². The molecule has 0 bridgehead atoms. The maximum atomic E-state index is 4.75. The molecule has 0 amide bonds. The highest BCUT2D eigenvalue weighted by Crippen LogP contribution is 2.35. The third-order valence-electron chi connectivity index (χ3n) is 2.94. The van der Waals surface area contributed by atoms with Crippen LogP contribution in [0.5, 0.6) is 0 Å². The highest BCUT2D eigenvalue weighted by molar-refractivity contribution is 7.17. The van der Waals surface area contributed by atoms with Crippen molar-refractivity contribution in [3.63, 3.8) is 0 Å². The fourth-order valence-electron chi connectivity index (χ4n) is 1.81. The molecule has 3 nitrogen and oxygen atoms in total. The van der Waals surface area contributed by atoms with E-state index in [1.165, 1.54) is 15.6 Å². The molecule has 0 spiro atoms. The van der Waals surface area contributed by atoms with E-state index >= 15 is 0 Å². The molecule has 2 aromatic rings. The van der Waals surface area contributed by atoms with Crippen LogP contribution in [0, 0.1) is 5.92 Å². The van der Waals surface area contributed by atoms with Crippen LogP contribution in [0.25, 0.3) is 10.6 Å². The minimum Gasteiger partial charge on any atom is -0.361 e. The zero-order chi connectivity index (χ0) is 14.7. The number of nitrogens with one attached hydrogen (secondary N) is 1. The van der Waals surface area contributed by atoms with Gasteiger partial charge in [-0.3, -0.25) is 0 Å². The maximum absolute atomic E-state index is 4.75. The standard InChI is InChI=1S/C15H23N3S2/c1-6-11-13(20-14(17-11)10(4)5)12-8-19-15(18-12)16-7-9(2)3/h8-10H,6-7H2,1-5H3,(H,16,18). The lowest BCUT2D eigenvalue weighted by atomic mass is 10.2. The van der Waals surface area contributed by atoms with Crippen molar-refractivity contribution in [1.82, 2.24) is 9.97 Å². The largest absolute Gasteiger partial charge is 0.361 e. The summed E-state index contributed by atoms with van der Waals surface area (Å²) in [5.41, 5.74) is 2.25. The predicted molar refractivity (Wildman–Crippen MR) is 90.0 cm³/mol. The van der Waals surface area contributed by atoms with Gasteiger partial charge in [0, 0.05) is 17.8 Å². The van der Waals surface area contributed by atoms with Crippen LogP contribution in [0.15, 0.2) is 5.38 Å². The van der Waals surface area contributed by atoms with Crippen LogP contribution in [0.2, 0.25) is 0 Å². The van der Waals surface area contributed by atoms with E-state index < -0.39 is 0 Å². The Morgan fingerprint density at radius 3 is 2.55 bits per heavy atom. The van der Waals surface area contributed by atoms with Gasteiger partial charge in [0.1, 0.15) is 0 Å². The molecule has 0 aliphatic carbocycles. The second kappa shape index (κ2) is 6.68. The first-order valence-corrected chi connectivity index (χ1v) is 8.90. The number of aryl methyl sites for hydroxylation is 1. The molecule has 0 fully saturated rings. The van der Waals surface area contributed by atoms with Gasteiger partial charge in [0.25, 0.3) is 0 Å². The number of hydrogen-bond acceptors (Lipinski definition) is 5. The molecule has 2 rings (SSSR count). The van der Waals surface area contributed by atoms with Crippen LogP contribution in [0.1, 0.15) is 51.2 Å². The Labute approximate surface area is 129 Å². The molecule has 0 saturated carbocycles. The van der Waals surface area contributed by atoms with E-state index in [2.05, 4.69) is 45.3 Å². The maximum Gasteiger partial charge on any atom is 0.183 e. The van der Waals surface area contributed by atoms with Crippen molar-refractivity contribution >= 4 is 27.8 Å². The average molecular weight is 310 g/mol. The summed E-state index contributed by atoms with van der Waals surface area (Å²) in [7, 11) is 0. The molecular weight excluding hydrogens is 286 g/mol. The summed E-state index contributed by atoms with van der Waals surface area (Å²) in [6, 6.07) is 0. The molecule has 5 heteroatoms. The molecule has 2 aromatic heterocycles. The number of thiazole rings is 2. The van der Waals surface area contributed by atoms with E-state index in [1.807, 2.05) is 0 Å². The van der Waals surface area contributed by atoms with E-state index in [1.54, 1.807) is 22.7 Å². The molecule has 0 aliphatic heterocycles. The second-order valence-corrected chi connectivity index (χ2v) is 7.54. The van der Waals surface area contributed by atoms with Gasteiger partial charge in [-0.2, -0.15) is 0 Å². The zero-order valence-electron chi connectivity index (χ0n) is 12.9. The summed E-state index contributed by atoms with van der Waals surface area (Å²) in [5, 5.41) is 7.75. The van der Waals surface area contributed by atoms with Crippen LogP contribution in [-0.4, -0.2) is 16.5 Å². The number of rotatable bonds is 6. The molecule has 0 unspecified atom stereocenters. The lowest BCUT2D eigenvalue weighted by Crippen LogP contribution is -2.07. The molecule has 0 radical (unpaired) electrons. The Hall–Kier alpha value is -0.940. The SMILES string of the molecule is CCc1nc(C(C)C)sc1-c1csc(NCC(C)C)n1. The van der Waals surface area contributed by atoms with E-state index in [0.717, 1.165) is 23.8 Å². The first-order chi connectivity index (χ1) is 9.51. The Morgan fingerprint density at radius 1 is 1.20 bits per heavy atom. The van der Waals surface area contributed by atoms with Crippen LogP contribution in [0.3, 0.4) is 0 Å². The fourth-order valence-corrected chi connectivity index (χ4v) is 3.71. The third kappa shape index (κ3) is 3.58. The molecule has 1 N–H and O–H groups in total. The van der Waals surface area contributed by atoms with Crippen LogP contribution in [-0.2, 0) is 6.42 Å². The number of hydrogen-bond donors (Lipinski definition) is 1. The topological polar surface area (TPSA) is 37.8 Å². The molecule has 0 aliphatic rings. The average Bonchev–Trinajstić information content (AvgIpc) is 3.02. The van der Waals surface area contributed by atoms with Gasteiger partial charge in [0.05, 0.1) is 21.3 Å². The van der Waals surface area contributed by atoms with E-state index in [9.17, 15) is 0 Å². The first kappa shape index (κ1) is 15.4. The number of nitrogens with zero attached hydrogens (tertiary/aromatic N) is 2. The minimum absolute atomic E-state index is 0.483. The van der Waals surface area contributed by atoms with Crippen LogP contribution >= 0.6 is 22.7 Å². The van der Waals surface area contributed by atoms with E-state index in [-0.39, 0.29) is 0 Å². The van der Waals surface area contributed by atoms with Gasteiger partial charge in [-0.15, -0.1) is 22.7 Å². The highest BCUT2D eigenvalue weighted by Gasteiger charge is 2.16. The van der Waals surface area contributed by atoms with Crippen molar-refractivity contribution in [2.24, 2.45) is 5.92 Å². The molecule has 2 heterocycles. The summed E-state index contributed by atoms with van der Waals surface area (Å²) >= 11 is 3.47. The Kier molecular flexibility index (Phi) is 5.16. The quantitative estimate of drug-likeness (QED) is 0.814. The van der Waals surface area contributed by atoms with Crippen LogP contribution in [0.4, 0.5) is 5.13 Å². The summed E-state index contributed by atoms with van der Waals surface area (Å²) in [6.45, 7) is 11.9. The lowest BCUT2D eigenvalue weighted by Gasteiger charge is -2.04. The lowest BCUT2D eigenvalue weighted by molar-refractivity contribution is 0.688. The minimum atomic E-state index is 0.483. The van der Waals surface area contributed by atoms with Crippen molar-refractivity contribution in [3.05, 3.63) is 16.1 Å². The number of anilines is 1. The first-order valence-electron chi connectivity index (χ1n) is 7.20. The molecule has 20 heavy (non-hydrogen) atoms. The number of aromatic nitrogens is 2. The highest BCUT2D eigenvalue weighted by atomic mass is 32.1. The Balaban J connectivity index is 2.22. The molecular formula is C15H23N3S2. The monoisotopic (exact) mass is 309 g/mol. The van der Waals surface area contributed by atoms with E-state index in [0.29, 0.717) is 11.8 Å². The van der Waals surface area contributed by atoms with Gasteiger partial charge in [0.2, 0.25) is 0 Å². The normalized spacial score (nSPS) is 11.6. The summed E-state index contributed by atoms with van der Waals surface area (Å²) in [6.07, 6.45) is 0.963. The summed E-state index contributed by atoms with van der Waals surface area (Å²) in [5.74, 6) is 1.11. The van der Waals surface area contributed by atoms with Crippen molar-refractivity contribution in [2.45, 2.75) is 47.0 Å². The van der Waals surface area contributed by atoms with Gasteiger partial charge < -0.3 is 5.32 Å². The molecule has 0 atom stereocenters. The van der Waals surface area contributed by atoms with E-state index in [4.69, 9.17) is 9.97 Å². The van der Waals surface area contributed by atoms with Crippen LogP contribution < -0.4 is 5.32 Å². The van der Waals surface area contributed by atoms with Gasteiger partial charge in [0.15, 0.2) is 5.13 Å². The fraction of sp³-hybridized carbons (Fsp3) is 0.600. The zero-order valence-corrected chi connectivity index (χ0v) is 14.5. The Morgan fingerprint density at radius 2 is 1.95 bits per heavy atom. The van der Waals surface area contributed by atoms with Gasteiger partial charge >= 0.3 is 0 Å². The van der Waals surface area contributed by atoms with Crippen molar-refractivity contribution < 1.29 is 0 Å². The smallest absolute Gasteiger partial charge is 0.183 e. The van der Waals surface area contributed by atoms with Crippen molar-refractivity contribution in [1.29, 1.82) is 0 Å². The van der Waals surface area contributed by atoms with Crippen molar-refractivity contribution in [3.8, 4) is 10.6 Å². The summed E-state index contributed by atoms with van der Waals surface area (Å²) < 4.78 is 0. The molecule has 0 aromatic carbocycles. The van der Waals surface area contributed by atoms with Gasteiger partial charge in [-0.25, -0.2) is 9.97 Å². The summed E-state index contributed by atoms with van der Waals surface area (Å²) in [4.78, 5) is 10.7. The molecule has 0 saturated heterocycles. The predicted octanol–water partition coefficient (Wildman–Crippen LogP) is 5.02. The molecule has 110 valence electrons.